The zero-order valence-corrected chi connectivity index (χ0v) is 18.1. The van der Waals surface area contributed by atoms with Crippen LogP contribution in [0, 0.1) is 13.8 Å². The minimum Gasteiger partial charge on any atom is -0.444 e. The number of aromatic amines is 1. The van der Waals surface area contributed by atoms with E-state index < -0.39 is 5.60 Å². The van der Waals surface area contributed by atoms with E-state index in [-0.39, 0.29) is 18.2 Å². The van der Waals surface area contributed by atoms with Gasteiger partial charge in [0.25, 0.3) is 0 Å². The number of piperazine rings is 1. The summed E-state index contributed by atoms with van der Waals surface area (Å²) in [6, 6.07) is 3.73. The fourth-order valence-corrected chi connectivity index (χ4v) is 3.81. The van der Waals surface area contributed by atoms with Crippen LogP contribution in [0.3, 0.4) is 0 Å². The van der Waals surface area contributed by atoms with Crippen molar-refractivity contribution in [2.75, 3.05) is 36.5 Å². The Balaban J connectivity index is 1.55. The number of morpholine rings is 1. The molecule has 30 heavy (non-hydrogen) atoms. The first-order valence-electron chi connectivity index (χ1n) is 10.2. The molecular weight excluding hydrogens is 386 g/mol. The van der Waals surface area contributed by atoms with E-state index in [1.54, 1.807) is 4.90 Å². The van der Waals surface area contributed by atoms with Gasteiger partial charge in [0.2, 0.25) is 5.95 Å². The first kappa shape index (κ1) is 20.4. The number of aromatic nitrogens is 4. The summed E-state index contributed by atoms with van der Waals surface area (Å²) >= 11 is 0. The van der Waals surface area contributed by atoms with Crippen LogP contribution in [0.25, 0.3) is 0 Å². The Morgan fingerprint density at radius 2 is 1.87 bits per heavy atom. The number of carbonyl (C=O) groups is 1. The summed E-state index contributed by atoms with van der Waals surface area (Å²) in [5.74, 6) is 2.01. The van der Waals surface area contributed by atoms with Gasteiger partial charge < -0.3 is 24.6 Å². The summed E-state index contributed by atoms with van der Waals surface area (Å²) in [6.45, 7) is 11.5. The third-order valence-corrected chi connectivity index (χ3v) is 4.96. The number of hydrogen-bond acceptors (Lipinski definition) is 8. The third kappa shape index (κ3) is 4.48. The molecule has 2 unspecified atom stereocenters. The summed E-state index contributed by atoms with van der Waals surface area (Å²) < 4.78 is 11.3. The molecular formula is C20H29N7O3. The topological polar surface area (TPSA) is 108 Å². The molecule has 2 atom stereocenters. The van der Waals surface area contributed by atoms with E-state index in [1.165, 1.54) is 0 Å². The smallest absolute Gasteiger partial charge is 0.410 e. The van der Waals surface area contributed by atoms with Gasteiger partial charge in [0, 0.05) is 36.6 Å². The lowest BCUT2D eigenvalue weighted by molar-refractivity contribution is -0.0110. The van der Waals surface area contributed by atoms with Gasteiger partial charge in [-0.05, 0) is 34.6 Å². The van der Waals surface area contributed by atoms with Crippen molar-refractivity contribution in [1.82, 2.24) is 25.1 Å². The summed E-state index contributed by atoms with van der Waals surface area (Å²) in [4.78, 5) is 25.9. The number of amides is 1. The third-order valence-electron chi connectivity index (χ3n) is 4.96. The second-order valence-electron chi connectivity index (χ2n) is 8.89. The van der Waals surface area contributed by atoms with E-state index in [4.69, 9.17) is 14.5 Å². The van der Waals surface area contributed by atoms with Gasteiger partial charge in [0.15, 0.2) is 5.82 Å². The minimum atomic E-state index is -0.523. The molecule has 0 saturated carbocycles. The Morgan fingerprint density at radius 1 is 1.17 bits per heavy atom. The summed E-state index contributed by atoms with van der Waals surface area (Å²) in [5.41, 5.74) is 1.29. The van der Waals surface area contributed by atoms with Crippen molar-refractivity contribution in [1.29, 1.82) is 0 Å². The molecule has 0 spiro atoms. The van der Waals surface area contributed by atoms with Crippen molar-refractivity contribution in [2.24, 2.45) is 0 Å². The van der Waals surface area contributed by atoms with Gasteiger partial charge in [0.1, 0.15) is 11.4 Å². The number of nitrogens with one attached hydrogen (secondary N) is 2. The first-order chi connectivity index (χ1) is 14.2. The Bertz CT molecular complexity index is 909. The maximum atomic E-state index is 12.6. The molecule has 4 heterocycles. The van der Waals surface area contributed by atoms with Crippen LogP contribution in [0.4, 0.5) is 22.4 Å². The molecule has 0 radical (unpaired) electrons. The lowest BCUT2D eigenvalue weighted by atomic mass is 10.1. The molecule has 2 N–H and O–H groups in total. The van der Waals surface area contributed by atoms with Crippen molar-refractivity contribution < 1.29 is 14.3 Å². The van der Waals surface area contributed by atoms with Crippen molar-refractivity contribution in [3.8, 4) is 0 Å². The SMILES string of the molecule is Cc1cc(Nc2cc(C)[nH]n2)nc(N2C3COCC2CN(C(=O)OC(C)(C)C)C3)n1. The zero-order chi connectivity index (χ0) is 21.5. The number of fused-ring (bicyclic) bond motifs is 2. The van der Waals surface area contributed by atoms with E-state index >= 15 is 0 Å². The molecule has 2 aromatic rings. The Hall–Kier alpha value is -2.88. The average Bonchev–Trinajstić information content (AvgIpc) is 3.03. The fourth-order valence-electron chi connectivity index (χ4n) is 3.81. The van der Waals surface area contributed by atoms with E-state index in [1.807, 2.05) is 46.8 Å². The molecule has 2 aromatic heterocycles. The zero-order valence-electron chi connectivity index (χ0n) is 18.1. The lowest BCUT2D eigenvalue weighted by Gasteiger charge is -2.49. The van der Waals surface area contributed by atoms with Crippen molar-refractivity contribution in [3.05, 3.63) is 23.5 Å². The molecule has 0 aromatic carbocycles. The first-order valence-corrected chi connectivity index (χ1v) is 10.2. The number of hydrogen-bond donors (Lipinski definition) is 2. The van der Waals surface area contributed by atoms with E-state index in [2.05, 4.69) is 25.4 Å². The summed E-state index contributed by atoms with van der Waals surface area (Å²) in [5, 5.41) is 10.4. The number of aryl methyl sites for hydroxylation is 2. The molecule has 4 rings (SSSR count). The molecule has 1 amide bonds. The molecule has 2 aliphatic rings. The highest BCUT2D eigenvalue weighted by molar-refractivity contribution is 5.69. The molecule has 0 aliphatic carbocycles. The van der Waals surface area contributed by atoms with Gasteiger partial charge in [-0.3, -0.25) is 5.10 Å². The molecule has 2 aliphatic heterocycles. The highest BCUT2D eigenvalue weighted by atomic mass is 16.6. The predicted molar refractivity (Wildman–Crippen MR) is 112 cm³/mol. The largest absolute Gasteiger partial charge is 0.444 e. The van der Waals surface area contributed by atoms with Crippen molar-refractivity contribution in [2.45, 2.75) is 52.3 Å². The van der Waals surface area contributed by atoms with Crippen LogP contribution >= 0.6 is 0 Å². The highest BCUT2D eigenvalue weighted by Gasteiger charge is 2.42. The van der Waals surface area contributed by atoms with E-state index in [0.29, 0.717) is 43.9 Å². The lowest BCUT2D eigenvalue weighted by Crippen LogP contribution is -2.66. The number of nitrogens with zero attached hydrogens (tertiary/aromatic N) is 5. The van der Waals surface area contributed by atoms with E-state index in [0.717, 1.165) is 11.4 Å². The quantitative estimate of drug-likeness (QED) is 0.787. The Kier molecular flexibility index (Phi) is 5.27. The highest BCUT2D eigenvalue weighted by Crippen LogP contribution is 2.28. The maximum absolute atomic E-state index is 12.6. The molecule has 162 valence electrons. The van der Waals surface area contributed by atoms with Crippen molar-refractivity contribution in [3.63, 3.8) is 0 Å². The maximum Gasteiger partial charge on any atom is 0.410 e. The normalized spacial score (nSPS) is 21.5. The second kappa shape index (κ2) is 7.75. The van der Waals surface area contributed by atoms with Gasteiger partial charge in [-0.2, -0.15) is 10.1 Å². The number of carbonyl (C=O) groups excluding carboxylic acids is 1. The van der Waals surface area contributed by atoms with Crippen LogP contribution in [-0.4, -0.2) is 75.1 Å². The van der Waals surface area contributed by atoms with Crippen LogP contribution in [-0.2, 0) is 9.47 Å². The molecule has 10 nitrogen and oxygen atoms in total. The Morgan fingerprint density at radius 3 is 2.47 bits per heavy atom. The monoisotopic (exact) mass is 415 g/mol. The van der Waals surface area contributed by atoms with Gasteiger partial charge in [-0.15, -0.1) is 0 Å². The summed E-state index contributed by atoms with van der Waals surface area (Å²) in [7, 11) is 0. The van der Waals surface area contributed by atoms with E-state index in [9.17, 15) is 4.79 Å². The fraction of sp³-hybridized carbons (Fsp3) is 0.600. The number of ether oxygens (including phenoxy) is 2. The second-order valence-corrected chi connectivity index (χ2v) is 8.89. The van der Waals surface area contributed by atoms with Crippen LogP contribution in [0.2, 0.25) is 0 Å². The van der Waals surface area contributed by atoms with Gasteiger partial charge in [-0.25, -0.2) is 9.78 Å². The number of anilines is 3. The molecule has 10 heteroatoms. The minimum absolute atomic E-state index is 0.0349. The molecule has 2 bridgehead atoms. The number of rotatable bonds is 3. The van der Waals surface area contributed by atoms with Crippen molar-refractivity contribution >= 4 is 23.7 Å². The predicted octanol–water partition coefficient (Wildman–Crippen LogP) is 2.38. The average molecular weight is 415 g/mol. The van der Waals surface area contributed by atoms with Crippen LogP contribution in [0.5, 0.6) is 0 Å². The molecule has 2 fully saturated rings. The standard InChI is InChI=1S/C20H29N7O3/c1-12-6-16(22-17-7-13(2)24-25-17)23-18(21-12)27-14-8-26(9-15(27)11-29-10-14)19(28)30-20(3,4)5/h6-7,14-15H,8-11H2,1-5H3,(H2,21,22,23,24,25). The van der Waals surface area contributed by atoms with Crippen LogP contribution < -0.4 is 10.2 Å². The van der Waals surface area contributed by atoms with Crippen LogP contribution in [0.1, 0.15) is 32.2 Å². The molecule has 2 saturated heterocycles. The Labute approximate surface area is 176 Å². The summed E-state index contributed by atoms with van der Waals surface area (Å²) in [6.07, 6.45) is -0.291. The van der Waals surface area contributed by atoms with Crippen LogP contribution in [0.15, 0.2) is 12.1 Å². The van der Waals surface area contributed by atoms with Gasteiger partial charge in [-0.1, -0.05) is 0 Å². The van der Waals surface area contributed by atoms with Gasteiger partial charge >= 0.3 is 6.09 Å². The van der Waals surface area contributed by atoms with Gasteiger partial charge in [0.05, 0.1) is 25.3 Å². The number of H-pyrrole nitrogens is 1.